The molecule has 1 unspecified atom stereocenters. The first-order valence-corrected chi connectivity index (χ1v) is 7.29. The van der Waals surface area contributed by atoms with Crippen molar-refractivity contribution in [2.24, 2.45) is 7.05 Å². The lowest BCUT2D eigenvalue weighted by Gasteiger charge is -2.16. The molecule has 0 saturated carbocycles. The zero-order chi connectivity index (χ0) is 14.5. The summed E-state index contributed by atoms with van der Waals surface area (Å²) in [7, 11) is 4.02. The quantitative estimate of drug-likeness (QED) is 0.875. The summed E-state index contributed by atoms with van der Waals surface area (Å²) in [6, 6.07) is 7.29. The van der Waals surface area contributed by atoms with E-state index in [4.69, 9.17) is 0 Å². The van der Waals surface area contributed by atoms with Gasteiger partial charge in [0.05, 0.1) is 6.20 Å². The average Bonchev–Trinajstić information content (AvgIpc) is 2.84. The molecule has 1 atom stereocenters. The lowest BCUT2D eigenvalue weighted by atomic mass is 9.97. The van der Waals surface area contributed by atoms with Crippen LogP contribution >= 0.6 is 0 Å². The van der Waals surface area contributed by atoms with E-state index in [0.29, 0.717) is 6.04 Å². The second-order valence-corrected chi connectivity index (χ2v) is 5.67. The average molecular weight is 271 g/mol. The second-order valence-electron chi connectivity index (χ2n) is 5.67. The van der Waals surface area contributed by atoms with Gasteiger partial charge in [-0.3, -0.25) is 4.68 Å². The Morgan fingerprint density at radius 3 is 2.60 bits per heavy atom. The van der Waals surface area contributed by atoms with Crippen molar-refractivity contribution < 1.29 is 0 Å². The number of benzene rings is 1. The fraction of sp³-hybridized carbons (Fsp3) is 0.471. The highest BCUT2D eigenvalue weighted by atomic mass is 15.2. The van der Waals surface area contributed by atoms with Gasteiger partial charge in [0.2, 0.25) is 0 Å². The second kappa shape index (κ2) is 6.71. The van der Waals surface area contributed by atoms with E-state index in [9.17, 15) is 0 Å². The predicted octanol–water partition coefficient (Wildman–Crippen LogP) is 2.80. The van der Waals surface area contributed by atoms with Gasteiger partial charge in [-0.25, -0.2) is 0 Å². The molecular weight excluding hydrogens is 246 g/mol. The van der Waals surface area contributed by atoms with Crippen LogP contribution in [0.1, 0.15) is 28.7 Å². The van der Waals surface area contributed by atoms with Crippen molar-refractivity contribution in [3.63, 3.8) is 0 Å². The lowest BCUT2D eigenvalue weighted by molar-refractivity contribution is 0.520. The fourth-order valence-electron chi connectivity index (χ4n) is 2.51. The summed E-state index contributed by atoms with van der Waals surface area (Å²) in [6.07, 6.45) is 7.35. The fourth-order valence-corrected chi connectivity index (χ4v) is 2.51. The van der Waals surface area contributed by atoms with Crippen LogP contribution < -0.4 is 5.32 Å². The van der Waals surface area contributed by atoms with E-state index in [-0.39, 0.29) is 0 Å². The van der Waals surface area contributed by atoms with Gasteiger partial charge < -0.3 is 5.32 Å². The number of likely N-dealkylation sites (N-methyl/N-ethyl adjacent to an activating group) is 1. The smallest absolute Gasteiger partial charge is 0.0521 e. The topological polar surface area (TPSA) is 29.9 Å². The summed E-state index contributed by atoms with van der Waals surface area (Å²) < 4.78 is 1.87. The van der Waals surface area contributed by atoms with Gasteiger partial charge in [0.15, 0.2) is 0 Å². The maximum Gasteiger partial charge on any atom is 0.0521 e. The molecule has 0 fully saturated rings. The molecule has 0 aliphatic rings. The van der Waals surface area contributed by atoms with Gasteiger partial charge in [0, 0.05) is 19.3 Å². The van der Waals surface area contributed by atoms with Gasteiger partial charge in [-0.15, -0.1) is 0 Å². The molecule has 1 N–H and O–H groups in total. The molecule has 0 aliphatic carbocycles. The van der Waals surface area contributed by atoms with E-state index in [2.05, 4.69) is 55.7 Å². The van der Waals surface area contributed by atoms with Gasteiger partial charge in [-0.05, 0) is 62.4 Å². The van der Waals surface area contributed by atoms with Gasteiger partial charge in [0.1, 0.15) is 0 Å². The molecule has 2 rings (SSSR count). The Labute approximate surface area is 122 Å². The minimum Gasteiger partial charge on any atom is -0.317 e. The Bertz CT molecular complexity index is 557. The van der Waals surface area contributed by atoms with Crippen LogP contribution in [0.4, 0.5) is 0 Å². The van der Waals surface area contributed by atoms with Crippen molar-refractivity contribution in [3.05, 3.63) is 52.8 Å². The third-order valence-electron chi connectivity index (χ3n) is 4.00. The first kappa shape index (κ1) is 14.8. The maximum atomic E-state index is 4.22. The van der Waals surface area contributed by atoms with Gasteiger partial charge in [-0.1, -0.05) is 18.2 Å². The van der Waals surface area contributed by atoms with E-state index in [1.165, 1.54) is 22.3 Å². The lowest BCUT2D eigenvalue weighted by Crippen LogP contribution is -2.28. The third kappa shape index (κ3) is 3.94. The molecular formula is C17H25N3. The summed E-state index contributed by atoms with van der Waals surface area (Å²) >= 11 is 0. The molecule has 0 amide bonds. The van der Waals surface area contributed by atoms with Crippen LogP contribution in [-0.4, -0.2) is 22.9 Å². The molecule has 20 heavy (non-hydrogen) atoms. The van der Waals surface area contributed by atoms with Crippen molar-refractivity contribution in [3.8, 4) is 0 Å². The Morgan fingerprint density at radius 2 is 2.00 bits per heavy atom. The van der Waals surface area contributed by atoms with E-state index in [0.717, 1.165) is 19.3 Å². The monoisotopic (exact) mass is 271 g/mol. The number of nitrogens with zero attached hydrogens (tertiary/aromatic N) is 2. The highest BCUT2D eigenvalue weighted by molar-refractivity contribution is 5.30. The van der Waals surface area contributed by atoms with E-state index < -0.39 is 0 Å². The van der Waals surface area contributed by atoms with E-state index in [1.54, 1.807) is 0 Å². The van der Waals surface area contributed by atoms with Crippen LogP contribution in [-0.2, 0) is 19.9 Å². The first-order valence-electron chi connectivity index (χ1n) is 7.29. The predicted molar refractivity (Wildman–Crippen MR) is 84.0 cm³/mol. The van der Waals surface area contributed by atoms with Crippen molar-refractivity contribution in [1.29, 1.82) is 0 Å². The van der Waals surface area contributed by atoms with Crippen LogP contribution in [0, 0.1) is 13.8 Å². The Morgan fingerprint density at radius 1 is 1.20 bits per heavy atom. The third-order valence-corrected chi connectivity index (χ3v) is 4.00. The van der Waals surface area contributed by atoms with Crippen molar-refractivity contribution in [1.82, 2.24) is 15.1 Å². The van der Waals surface area contributed by atoms with Gasteiger partial charge in [-0.2, -0.15) is 5.10 Å². The molecule has 3 heteroatoms. The summed E-state index contributed by atoms with van der Waals surface area (Å²) in [6.45, 7) is 4.35. The van der Waals surface area contributed by atoms with Crippen LogP contribution in [0.2, 0.25) is 0 Å². The molecule has 0 spiro atoms. The number of aryl methyl sites for hydroxylation is 4. The molecule has 0 saturated heterocycles. The molecule has 0 bridgehead atoms. The molecule has 2 aromatic rings. The van der Waals surface area contributed by atoms with Crippen LogP contribution in [0.25, 0.3) is 0 Å². The largest absolute Gasteiger partial charge is 0.317 e. The van der Waals surface area contributed by atoms with Gasteiger partial charge >= 0.3 is 0 Å². The minimum atomic E-state index is 0.511. The zero-order valence-corrected chi connectivity index (χ0v) is 13.0. The molecule has 1 aromatic carbocycles. The number of hydrogen-bond acceptors (Lipinski definition) is 2. The molecule has 1 aromatic heterocycles. The Hall–Kier alpha value is -1.61. The zero-order valence-electron chi connectivity index (χ0n) is 13.0. The highest BCUT2D eigenvalue weighted by Crippen LogP contribution is 2.14. The Balaban J connectivity index is 1.92. The van der Waals surface area contributed by atoms with Crippen LogP contribution in [0.15, 0.2) is 30.6 Å². The Kier molecular flexibility index (Phi) is 4.96. The van der Waals surface area contributed by atoms with Gasteiger partial charge in [0.25, 0.3) is 0 Å². The summed E-state index contributed by atoms with van der Waals surface area (Å²) in [4.78, 5) is 0. The van der Waals surface area contributed by atoms with E-state index >= 15 is 0 Å². The maximum absolute atomic E-state index is 4.22. The van der Waals surface area contributed by atoms with Crippen LogP contribution in [0.5, 0.6) is 0 Å². The van der Waals surface area contributed by atoms with Crippen molar-refractivity contribution >= 4 is 0 Å². The molecule has 3 nitrogen and oxygen atoms in total. The number of nitrogens with one attached hydrogen (secondary N) is 1. The van der Waals surface area contributed by atoms with Crippen molar-refractivity contribution in [2.75, 3.05) is 7.05 Å². The molecule has 0 aliphatic heterocycles. The first-order chi connectivity index (χ1) is 9.58. The summed E-state index contributed by atoms with van der Waals surface area (Å²) in [5.74, 6) is 0. The van der Waals surface area contributed by atoms with E-state index in [1.807, 2.05) is 17.9 Å². The molecule has 108 valence electrons. The number of aromatic nitrogens is 2. The summed E-state index contributed by atoms with van der Waals surface area (Å²) in [5.41, 5.74) is 5.47. The molecule has 0 radical (unpaired) electrons. The highest BCUT2D eigenvalue weighted by Gasteiger charge is 2.09. The molecule has 1 heterocycles. The standard InChI is InChI=1S/C17H25N3/c1-13-5-6-15(9-14(13)2)10-17(18-3)8-7-16-11-19-20(4)12-16/h5-6,9,11-12,17-18H,7-8,10H2,1-4H3. The minimum absolute atomic E-state index is 0.511. The summed E-state index contributed by atoms with van der Waals surface area (Å²) in [5, 5.41) is 7.66. The normalized spacial score (nSPS) is 12.6. The number of hydrogen-bond donors (Lipinski definition) is 1. The number of rotatable bonds is 6. The van der Waals surface area contributed by atoms with Crippen LogP contribution in [0.3, 0.4) is 0 Å². The SMILES string of the molecule is CNC(CCc1cnn(C)c1)Cc1ccc(C)c(C)c1. The van der Waals surface area contributed by atoms with Crippen molar-refractivity contribution in [2.45, 2.75) is 39.2 Å².